The van der Waals surface area contributed by atoms with Crippen LogP contribution in [0.1, 0.15) is 0 Å². The molecule has 3 heteroatoms. The van der Waals surface area contributed by atoms with Crippen molar-refractivity contribution in [1.82, 2.24) is 0 Å². The Balaban J connectivity index is 1.99. The molecule has 0 amide bonds. The van der Waals surface area contributed by atoms with Gasteiger partial charge in [0, 0.05) is 7.05 Å². The maximum absolute atomic E-state index is 3.54. The molecule has 0 saturated carbocycles. The number of anilines is 6. The second-order valence-corrected chi connectivity index (χ2v) is 5.39. The first-order valence-electron chi connectivity index (χ1n) is 7.38. The van der Waals surface area contributed by atoms with Gasteiger partial charge in [-0.25, -0.2) is 0 Å². The number of nitrogens with one attached hydrogen (secondary N) is 2. The Morgan fingerprint density at radius 2 is 0.909 bits per heavy atom. The summed E-state index contributed by atoms with van der Waals surface area (Å²) < 4.78 is 0. The Morgan fingerprint density at radius 1 is 0.545 bits per heavy atom. The van der Waals surface area contributed by atoms with Crippen molar-refractivity contribution < 1.29 is 0 Å². The van der Waals surface area contributed by atoms with E-state index in [1.165, 1.54) is 0 Å². The van der Waals surface area contributed by atoms with Crippen LogP contribution in [0.5, 0.6) is 0 Å². The summed E-state index contributed by atoms with van der Waals surface area (Å²) in [5.74, 6) is 0. The molecule has 3 aromatic carbocycles. The topological polar surface area (TPSA) is 27.3 Å². The van der Waals surface area contributed by atoms with Gasteiger partial charge in [0.25, 0.3) is 0 Å². The number of para-hydroxylation sites is 6. The molecule has 0 aliphatic carbocycles. The lowest BCUT2D eigenvalue weighted by molar-refractivity contribution is 1.21. The van der Waals surface area contributed by atoms with Gasteiger partial charge in [-0.2, -0.15) is 0 Å². The highest BCUT2D eigenvalue weighted by Gasteiger charge is 2.16. The first-order valence-corrected chi connectivity index (χ1v) is 7.38. The van der Waals surface area contributed by atoms with Gasteiger partial charge in [-0.05, 0) is 36.4 Å². The van der Waals surface area contributed by atoms with Crippen LogP contribution >= 0.6 is 0 Å². The van der Waals surface area contributed by atoms with Gasteiger partial charge in [-0.15, -0.1) is 0 Å². The van der Waals surface area contributed by atoms with E-state index in [2.05, 4.69) is 83.2 Å². The summed E-state index contributed by atoms with van der Waals surface area (Å²) in [6.45, 7) is 0. The molecule has 1 aliphatic heterocycles. The summed E-state index contributed by atoms with van der Waals surface area (Å²) >= 11 is 0. The molecule has 0 bridgehead atoms. The molecular weight excluding hydrogens is 270 g/mol. The third-order valence-electron chi connectivity index (χ3n) is 4.00. The largest absolute Gasteiger partial charge is 0.352 e. The van der Waals surface area contributed by atoms with Crippen LogP contribution < -0.4 is 15.5 Å². The van der Waals surface area contributed by atoms with Crippen molar-refractivity contribution in [2.75, 3.05) is 22.6 Å². The molecule has 3 nitrogen and oxygen atoms in total. The van der Waals surface area contributed by atoms with E-state index in [1.807, 2.05) is 12.1 Å². The predicted octanol–water partition coefficient (Wildman–Crippen LogP) is 5.26. The van der Waals surface area contributed by atoms with Gasteiger partial charge in [0.05, 0.1) is 34.1 Å². The van der Waals surface area contributed by atoms with Crippen LogP contribution in [0.25, 0.3) is 0 Å². The van der Waals surface area contributed by atoms with Crippen LogP contribution in [0, 0.1) is 0 Å². The van der Waals surface area contributed by atoms with E-state index >= 15 is 0 Å². The summed E-state index contributed by atoms with van der Waals surface area (Å²) in [5, 5.41) is 7.09. The number of hydrogen-bond acceptors (Lipinski definition) is 3. The molecule has 0 saturated heterocycles. The Bertz CT molecular complexity index is 758. The predicted molar refractivity (Wildman–Crippen MR) is 94.0 cm³/mol. The fourth-order valence-electron chi connectivity index (χ4n) is 2.86. The first kappa shape index (κ1) is 12.8. The van der Waals surface area contributed by atoms with Crippen molar-refractivity contribution >= 4 is 34.1 Å². The van der Waals surface area contributed by atoms with Crippen LogP contribution in [0.15, 0.2) is 72.8 Å². The molecule has 0 spiro atoms. The monoisotopic (exact) mass is 287 g/mol. The summed E-state index contributed by atoms with van der Waals surface area (Å²) in [6.07, 6.45) is 0. The van der Waals surface area contributed by atoms with Crippen LogP contribution in [-0.2, 0) is 0 Å². The minimum absolute atomic E-state index is 1.07. The van der Waals surface area contributed by atoms with Crippen molar-refractivity contribution in [3.05, 3.63) is 72.8 Å². The molecule has 22 heavy (non-hydrogen) atoms. The summed E-state index contributed by atoms with van der Waals surface area (Å²) in [7, 11) is 2.09. The molecule has 0 unspecified atom stereocenters. The van der Waals surface area contributed by atoms with Gasteiger partial charge in [-0.3, -0.25) is 0 Å². The Morgan fingerprint density at radius 3 is 1.36 bits per heavy atom. The summed E-state index contributed by atoms with van der Waals surface area (Å²) in [4.78, 5) is 2.20. The Kier molecular flexibility index (Phi) is 2.97. The minimum Gasteiger partial charge on any atom is -0.352 e. The van der Waals surface area contributed by atoms with Crippen LogP contribution in [-0.4, -0.2) is 7.05 Å². The van der Waals surface area contributed by atoms with E-state index < -0.39 is 0 Å². The van der Waals surface area contributed by atoms with Gasteiger partial charge in [0.1, 0.15) is 0 Å². The number of hydrogen-bond donors (Lipinski definition) is 2. The van der Waals surface area contributed by atoms with Gasteiger partial charge < -0.3 is 15.5 Å². The Hall–Kier alpha value is -2.94. The second kappa shape index (κ2) is 5.11. The number of rotatable bonds is 0. The van der Waals surface area contributed by atoms with E-state index in [9.17, 15) is 0 Å². The minimum atomic E-state index is 1.07. The molecule has 4 rings (SSSR count). The molecule has 1 heterocycles. The lowest BCUT2D eigenvalue weighted by Crippen LogP contribution is -2.11. The van der Waals surface area contributed by atoms with Crippen molar-refractivity contribution in [3.8, 4) is 0 Å². The number of nitrogens with zero attached hydrogens (tertiary/aromatic N) is 1. The van der Waals surface area contributed by atoms with Crippen LogP contribution in [0.2, 0.25) is 0 Å². The molecule has 1 aliphatic rings. The highest BCUT2D eigenvalue weighted by Crippen LogP contribution is 2.41. The summed E-state index contributed by atoms with van der Waals surface area (Å²) in [5.41, 5.74) is 6.62. The van der Waals surface area contributed by atoms with E-state index in [1.54, 1.807) is 0 Å². The van der Waals surface area contributed by atoms with E-state index in [4.69, 9.17) is 0 Å². The SMILES string of the molecule is CN1c2ccccc2Nc2ccccc2Nc2ccccc21. The standard InChI is InChI=1S/C19H17N3/c1-22-18-12-6-4-10-16(18)20-14-8-2-3-9-15(14)21-17-11-5-7-13-19(17)22/h2-13,20-21H,1H3. The summed E-state index contributed by atoms with van der Waals surface area (Å²) in [6, 6.07) is 25.0. The van der Waals surface area contributed by atoms with Crippen LogP contribution in [0.4, 0.5) is 34.1 Å². The molecule has 0 atom stereocenters. The average Bonchev–Trinajstić information content (AvgIpc) is 2.61. The lowest BCUT2D eigenvalue weighted by atomic mass is 10.2. The van der Waals surface area contributed by atoms with Crippen molar-refractivity contribution in [1.29, 1.82) is 0 Å². The molecule has 0 radical (unpaired) electrons. The molecular formula is C19H17N3. The maximum atomic E-state index is 3.54. The second-order valence-electron chi connectivity index (χ2n) is 5.39. The first-order chi connectivity index (χ1) is 10.8. The number of benzene rings is 3. The molecule has 2 N–H and O–H groups in total. The van der Waals surface area contributed by atoms with E-state index in [0.717, 1.165) is 34.1 Å². The van der Waals surface area contributed by atoms with Crippen molar-refractivity contribution in [2.45, 2.75) is 0 Å². The van der Waals surface area contributed by atoms with Gasteiger partial charge in [0.2, 0.25) is 0 Å². The maximum Gasteiger partial charge on any atom is 0.0647 e. The third-order valence-corrected chi connectivity index (χ3v) is 4.00. The fourth-order valence-corrected chi connectivity index (χ4v) is 2.86. The average molecular weight is 287 g/mol. The quantitative estimate of drug-likeness (QED) is 0.591. The lowest BCUT2D eigenvalue weighted by Gasteiger charge is -2.23. The van der Waals surface area contributed by atoms with Crippen LogP contribution in [0.3, 0.4) is 0 Å². The highest BCUT2D eigenvalue weighted by atomic mass is 15.2. The van der Waals surface area contributed by atoms with Crippen molar-refractivity contribution in [3.63, 3.8) is 0 Å². The van der Waals surface area contributed by atoms with Gasteiger partial charge in [0.15, 0.2) is 0 Å². The zero-order chi connectivity index (χ0) is 14.9. The zero-order valence-corrected chi connectivity index (χ0v) is 12.4. The molecule has 0 aromatic heterocycles. The number of fused-ring (bicyclic) bond motifs is 3. The van der Waals surface area contributed by atoms with E-state index in [-0.39, 0.29) is 0 Å². The highest BCUT2D eigenvalue weighted by molar-refractivity contribution is 5.91. The molecule has 3 aromatic rings. The van der Waals surface area contributed by atoms with Gasteiger partial charge in [-0.1, -0.05) is 36.4 Å². The van der Waals surface area contributed by atoms with Gasteiger partial charge >= 0.3 is 0 Å². The van der Waals surface area contributed by atoms with E-state index in [0.29, 0.717) is 0 Å². The zero-order valence-electron chi connectivity index (χ0n) is 12.4. The smallest absolute Gasteiger partial charge is 0.0647 e. The van der Waals surface area contributed by atoms with Crippen molar-refractivity contribution in [2.24, 2.45) is 0 Å². The molecule has 108 valence electrons. The molecule has 0 fully saturated rings. The third kappa shape index (κ3) is 2.07. The fraction of sp³-hybridized carbons (Fsp3) is 0.0526. The Labute approximate surface area is 130 Å². The normalized spacial score (nSPS) is 12.5.